The number of carbonyl (C=O) groups excluding carboxylic acids is 2. The van der Waals surface area contributed by atoms with Crippen molar-refractivity contribution in [2.24, 2.45) is 0 Å². The lowest BCUT2D eigenvalue weighted by atomic mass is 9.95. The molecule has 11 heteroatoms. The number of halogens is 2. The molecule has 2 aromatic carbocycles. The van der Waals surface area contributed by atoms with E-state index in [4.69, 9.17) is 16.3 Å². The molecule has 1 fully saturated rings. The molecule has 8 nitrogen and oxygen atoms in total. The van der Waals surface area contributed by atoms with Crippen molar-refractivity contribution >= 4 is 39.1 Å². The normalized spacial score (nSPS) is 14.9. The molecule has 2 aromatic rings. The Morgan fingerprint density at radius 2 is 1.85 bits per heavy atom. The molecule has 1 aliphatic rings. The first-order valence-corrected chi connectivity index (χ1v) is 15.4. The first-order valence-electron chi connectivity index (χ1n) is 13.2. The predicted octanol–water partition coefficient (Wildman–Crippen LogP) is 4.90. The van der Waals surface area contributed by atoms with Gasteiger partial charge in [-0.1, -0.05) is 49.1 Å². The van der Waals surface area contributed by atoms with E-state index in [1.54, 1.807) is 37.3 Å². The third-order valence-electron chi connectivity index (χ3n) is 6.99. The van der Waals surface area contributed by atoms with Gasteiger partial charge in [0.1, 0.15) is 17.6 Å². The molecule has 1 atom stereocenters. The van der Waals surface area contributed by atoms with E-state index in [-0.39, 0.29) is 48.8 Å². The number of anilines is 1. The molecule has 0 bridgehead atoms. The molecule has 214 valence electrons. The van der Waals surface area contributed by atoms with Gasteiger partial charge in [-0.15, -0.1) is 0 Å². The summed E-state index contributed by atoms with van der Waals surface area (Å²) in [7, 11) is -2.21. The molecule has 1 saturated carbocycles. The maximum Gasteiger partial charge on any atom is 0.242 e. The van der Waals surface area contributed by atoms with Crippen LogP contribution >= 0.6 is 11.6 Å². The molecular weight excluding hydrogens is 545 g/mol. The van der Waals surface area contributed by atoms with Crippen LogP contribution in [0.15, 0.2) is 42.5 Å². The number of hydrogen-bond donors (Lipinski definition) is 1. The molecule has 0 aliphatic heterocycles. The second-order valence-corrected chi connectivity index (χ2v) is 12.2. The van der Waals surface area contributed by atoms with Gasteiger partial charge in [0.05, 0.1) is 24.1 Å². The van der Waals surface area contributed by atoms with Crippen LogP contribution < -0.4 is 14.4 Å². The van der Waals surface area contributed by atoms with Crippen molar-refractivity contribution in [3.63, 3.8) is 0 Å². The van der Waals surface area contributed by atoms with Crippen LogP contribution in [0.1, 0.15) is 57.4 Å². The number of hydrogen-bond acceptors (Lipinski definition) is 5. The number of amides is 2. The molecule has 2 amide bonds. The highest BCUT2D eigenvalue weighted by atomic mass is 35.5. The number of carbonyl (C=O) groups is 2. The lowest BCUT2D eigenvalue weighted by molar-refractivity contribution is -0.141. The minimum absolute atomic E-state index is 0.0173. The van der Waals surface area contributed by atoms with Gasteiger partial charge in [-0.05, 0) is 50.5 Å². The number of sulfonamides is 1. The summed E-state index contributed by atoms with van der Waals surface area (Å²) in [5.41, 5.74) is 0.646. The van der Waals surface area contributed by atoms with Gasteiger partial charge in [0.15, 0.2) is 0 Å². The third kappa shape index (κ3) is 8.57. The van der Waals surface area contributed by atoms with Crippen LogP contribution in [0.4, 0.5) is 10.1 Å². The minimum atomic E-state index is -3.68. The van der Waals surface area contributed by atoms with E-state index in [9.17, 15) is 22.4 Å². The monoisotopic (exact) mass is 581 g/mol. The highest BCUT2D eigenvalue weighted by Crippen LogP contribution is 2.30. The second-order valence-electron chi connectivity index (χ2n) is 9.89. The number of nitrogens with one attached hydrogen (secondary N) is 1. The minimum Gasteiger partial charge on any atom is -0.495 e. The van der Waals surface area contributed by atoms with E-state index in [1.165, 1.54) is 28.4 Å². The maximum absolute atomic E-state index is 14.5. The van der Waals surface area contributed by atoms with Gasteiger partial charge in [-0.2, -0.15) is 0 Å². The van der Waals surface area contributed by atoms with Crippen LogP contribution in [0.2, 0.25) is 5.02 Å². The van der Waals surface area contributed by atoms with Gasteiger partial charge in [0.2, 0.25) is 21.8 Å². The van der Waals surface area contributed by atoms with Gasteiger partial charge < -0.3 is 15.0 Å². The van der Waals surface area contributed by atoms with Crippen molar-refractivity contribution in [1.82, 2.24) is 10.2 Å². The molecule has 0 unspecified atom stereocenters. The van der Waals surface area contributed by atoms with E-state index in [1.807, 2.05) is 0 Å². The summed E-state index contributed by atoms with van der Waals surface area (Å²) in [4.78, 5) is 27.9. The fourth-order valence-corrected chi connectivity index (χ4v) is 5.99. The molecule has 0 aromatic heterocycles. The number of methoxy groups -OCH3 is 1. The van der Waals surface area contributed by atoms with Gasteiger partial charge in [-0.25, -0.2) is 12.8 Å². The lowest BCUT2D eigenvalue weighted by Crippen LogP contribution is -2.50. The Kier molecular flexibility index (Phi) is 11.0. The first kappa shape index (κ1) is 30.7. The molecule has 1 N–H and O–H groups in total. The Hall–Kier alpha value is -2.85. The fourth-order valence-electron chi connectivity index (χ4n) is 4.78. The molecule has 0 saturated heterocycles. The fraction of sp³-hybridized carbons (Fsp3) is 0.500. The van der Waals surface area contributed by atoms with E-state index < -0.39 is 21.9 Å². The van der Waals surface area contributed by atoms with Crippen molar-refractivity contribution < 1.29 is 27.1 Å². The molecule has 0 heterocycles. The largest absolute Gasteiger partial charge is 0.495 e. The maximum atomic E-state index is 14.5. The smallest absolute Gasteiger partial charge is 0.242 e. The highest BCUT2D eigenvalue weighted by Gasteiger charge is 2.29. The number of benzene rings is 2. The summed E-state index contributed by atoms with van der Waals surface area (Å²) in [5.74, 6) is -0.703. The third-order valence-corrected chi connectivity index (χ3v) is 8.48. The van der Waals surface area contributed by atoms with Crippen LogP contribution in [-0.2, 0) is 26.2 Å². The summed E-state index contributed by atoms with van der Waals surface area (Å²) in [6, 6.07) is 10.0. The summed E-state index contributed by atoms with van der Waals surface area (Å²) in [6.45, 7) is 1.58. The second kappa shape index (κ2) is 14.0. The van der Waals surface area contributed by atoms with Crippen molar-refractivity contribution in [1.29, 1.82) is 0 Å². The van der Waals surface area contributed by atoms with Crippen LogP contribution in [0, 0.1) is 5.82 Å². The van der Waals surface area contributed by atoms with E-state index in [0.29, 0.717) is 17.0 Å². The van der Waals surface area contributed by atoms with Crippen molar-refractivity contribution in [2.45, 2.75) is 70.5 Å². The van der Waals surface area contributed by atoms with Gasteiger partial charge in [0, 0.05) is 31.1 Å². The van der Waals surface area contributed by atoms with Crippen molar-refractivity contribution in [2.75, 3.05) is 24.2 Å². The molecule has 1 aliphatic carbocycles. The molecule has 0 spiro atoms. The topological polar surface area (TPSA) is 96.0 Å². The van der Waals surface area contributed by atoms with Gasteiger partial charge in [-0.3, -0.25) is 13.9 Å². The summed E-state index contributed by atoms with van der Waals surface area (Å²) in [6.07, 6.45) is 6.27. The average molecular weight is 582 g/mol. The quantitative estimate of drug-likeness (QED) is 0.385. The Morgan fingerprint density at radius 1 is 1.15 bits per heavy atom. The summed E-state index contributed by atoms with van der Waals surface area (Å²) < 4.78 is 45.9. The predicted molar refractivity (Wildman–Crippen MR) is 151 cm³/mol. The number of nitrogens with zero attached hydrogens (tertiary/aromatic N) is 2. The zero-order valence-electron chi connectivity index (χ0n) is 22.7. The van der Waals surface area contributed by atoms with Gasteiger partial charge >= 0.3 is 0 Å². The van der Waals surface area contributed by atoms with Crippen LogP contribution in [-0.4, -0.2) is 57.1 Å². The zero-order chi connectivity index (χ0) is 28.6. The van der Waals surface area contributed by atoms with E-state index in [2.05, 4.69) is 5.32 Å². The van der Waals surface area contributed by atoms with E-state index >= 15 is 0 Å². The molecule has 39 heavy (non-hydrogen) atoms. The Morgan fingerprint density at radius 3 is 2.46 bits per heavy atom. The first-order chi connectivity index (χ1) is 18.5. The molecule has 3 rings (SSSR count). The standard InChI is InChI=1S/C28H37ClFN3O5S/c1-20(28(35)31-22-11-5-4-6-12-22)32(19-21-10-7-8-13-25(21)30)27(34)14-9-17-33(39(3,36)37)23-15-16-26(38-2)24(29)18-23/h7-8,10,13,15-16,18,20,22H,4-6,9,11-12,14,17,19H2,1-3H3,(H,31,35)/t20-/m1/s1. The van der Waals surface area contributed by atoms with Gasteiger partial charge in [0.25, 0.3) is 0 Å². The van der Waals surface area contributed by atoms with E-state index in [0.717, 1.165) is 38.4 Å². The highest BCUT2D eigenvalue weighted by molar-refractivity contribution is 7.92. The number of rotatable bonds is 12. The average Bonchev–Trinajstić information content (AvgIpc) is 2.90. The Labute approximate surface area is 235 Å². The Bertz CT molecular complexity index is 1250. The van der Waals surface area contributed by atoms with Crippen LogP contribution in [0.25, 0.3) is 0 Å². The molecule has 0 radical (unpaired) electrons. The van der Waals surface area contributed by atoms with Crippen LogP contribution in [0.5, 0.6) is 5.75 Å². The van der Waals surface area contributed by atoms with Crippen LogP contribution in [0.3, 0.4) is 0 Å². The lowest BCUT2D eigenvalue weighted by Gasteiger charge is -2.31. The van der Waals surface area contributed by atoms with Crippen molar-refractivity contribution in [3.05, 3.63) is 58.9 Å². The molecular formula is C28H37ClFN3O5S. The van der Waals surface area contributed by atoms with Crippen molar-refractivity contribution in [3.8, 4) is 5.75 Å². The zero-order valence-corrected chi connectivity index (χ0v) is 24.2. The summed E-state index contributed by atoms with van der Waals surface area (Å²) in [5, 5.41) is 3.31. The Balaban J connectivity index is 1.74. The SMILES string of the molecule is COc1ccc(N(CCCC(=O)N(Cc2ccccc2F)[C@H](C)C(=O)NC2CCCCC2)S(C)(=O)=O)cc1Cl. The number of ether oxygens (including phenoxy) is 1. The summed E-state index contributed by atoms with van der Waals surface area (Å²) >= 11 is 6.20.